The van der Waals surface area contributed by atoms with Gasteiger partial charge in [0, 0.05) is 0 Å². The lowest BCUT2D eigenvalue weighted by atomic mass is 10.8. The van der Waals surface area contributed by atoms with Gasteiger partial charge in [0.25, 0.3) is 0 Å². The number of imidazole rings is 1. The molecule has 1 amide bonds. The number of hydrogen-bond donors (Lipinski definition) is 2. The molecular formula is C4H6N4O. The normalized spacial score (nSPS) is 9.33. The summed E-state index contributed by atoms with van der Waals surface area (Å²) in [5, 5.41) is 0. The number of rotatable bonds is 0. The summed E-state index contributed by atoms with van der Waals surface area (Å²) in [6, 6.07) is -0.584. The lowest BCUT2D eigenvalue weighted by Gasteiger charge is -1.87. The Morgan fingerprint density at radius 3 is 2.67 bits per heavy atom. The molecular weight excluding hydrogens is 120 g/mol. The fourth-order valence-electron chi connectivity index (χ4n) is 0.459. The highest BCUT2D eigenvalue weighted by Crippen LogP contribution is 1.93. The Morgan fingerprint density at radius 2 is 2.44 bits per heavy atom. The van der Waals surface area contributed by atoms with Gasteiger partial charge >= 0.3 is 6.03 Å². The average Bonchev–Trinajstić information content (AvgIpc) is 2.14. The Hall–Kier alpha value is -1.52. The van der Waals surface area contributed by atoms with Crippen LogP contribution in [0.15, 0.2) is 12.5 Å². The minimum atomic E-state index is -0.584. The molecule has 0 bridgehead atoms. The van der Waals surface area contributed by atoms with Crippen LogP contribution in [0.25, 0.3) is 0 Å². The first-order valence-electron chi connectivity index (χ1n) is 2.29. The largest absolute Gasteiger partial charge is 0.382 e. The lowest BCUT2D eigenvalue weighted by Crippen LogP contribution is -2.17. The van der Waals surface area contributed by atoms with Crippen molar-refractivity contribution in [2.75, 3.05) is 5.73 Å². The maximum Gasteiger partial charge on any atom is 0.324 e. The highest BCUT2D eigenvalue weighted by molar-refractivity contribution is 5.74. The second-order valence-electron chi connectivity index (χ2n) is 1.54. The summed E-state index contributed by atoms with van der Waals surface area (Å²) in [5.41, 5.74) is 10.0. The zero-order valence-corrected chi connectivity index (χ0v) is 4.61. The number of nitrogens with zero attached hydrogens (tertiary/aromatic N) is 2. The molecule has 0 spiro atoms. The predicted molar refractivity (Wildman–Crippen MR) is 31.6 cm³/mol. The SMILES string of the molecule is NC(=O)n1cnc(N)c1. The molecule has 0 unspecified atom stereocenters. The first-order chi connectivity index (χ1) is 4.20. The van der Waals surface area contributed by atoms with Gasteiger partial charge in [-0.25, -0.2) is 9.78 Å². The van der Waals surface area contributed by atoms with Crippen LogP contribution in [0.4, 0.5) is 10.6 Å². The number of aromatic nitrogens is 2. The van der Waals surface area contributed by atoms with Crippen molar-refractivity contribution in [2.24, 2.45) is 5.73 Å². The molecule has 5 nitrogen and oxygen atoms in total. The number of primary amides is 1. The van der Waals surface area contributed by atoms with Gasteiger partial charge in [0.2, 0.25) is 0 Å². The fourth-order valence-corrected chi connectivity index (χ4v) is 0.459. The molecule has 5 heteroatoms. The number of nitrogen functional groups attached to an aromatic ring is 1. The molecule has 0 aliphatic rings. The smallest absolute Gasteiger partial charge is 0.324 e. The first kappa shape index (κ1) is 5.61. The molecule has 1 aromatic rings. The summed E-state index contributed by atoms with van der Waals surface area (Å²) in [4.78, 5) is 13.9. The Kier molecular flexibility index (Phi) is 1.11. The Balaban J connectivity index is 2.98. The van der Waals surface area contributed by atoms with Crippen molar-refractivity contribution in [3.8, 4) is 0 Å². The maximum absolute atomic E-state index is 10.3. The second kappa shape index (κ2) is 1.77. The summed E-state index contributed by atoms with van der Waals surface area (Å²) in [7, 11) is 0. The third-order valence-electron chi connectivity index (χ3n) is 0.857. The minimum Gasteiger partial charge on any atom is -0.382 e. The summed E-state index contributed by atoms with van der Waals surface area (Å²) in [6.07, 6.45) is 2.61. The van der Waals surface area contributed by atoms with E-state index in [9.17, 15) is 4.79 Å². The topological polar surface area (TPSA) is 86.9 Å². The predicted octanol–water partition coefficient (Wildman–Crippen LogP) is -0.608. The van der Waals surface area contributed by atoms with Crippen molar-refractivity contribution in [1.29, 1.82) is 0 Å². The molecule has 1 heterocycles. The molecule has 0 aliphatic heterocycles. The van der Waals surface area contributed by atoms with Crippen LogP contribution in [0.2, 0.25) is 0 Å². The minimum absolute atomic E-state index is 0.286. The fraction of sp³-hybridized carbons (Fsp3) is 0. The second-order valence-corrected chi connectivity index (χ2v) is 1.54. The van der Waals surface area contributed by atoms with E-state index in [0.29, 0.717) is 0 Å². The summed E-state index contributed by atoms with van der Waals surface area (Å²) < 4.78 is 1.11. The highest BCUT2D eigenvalue weighted by atomic mass is 16.2. The molecule has 0 aromatic carbocycles. The third-order valence-corrected chi connectivity index (χ3v) is 0.857. The standard InChI is InChI=1S/C4H6N4O/c5-3-1-8(2-7-3)4(6)9/h1-2H,5H2,(H2,6,9). The van der Waals surface area contributed by atoms with Crippen molar-refractivity contribution >= 4 is 11.8 Å². The van der Waals surface area contributed by atoms with E-state index in [1.807, 2.05) is 0 Å². The van der Waals surface area contributed by atoms with Gasteiger partial charge in [-0.15, -0.1) is 0 Å². The Morgan fingerprint density at radius 1 is 1.78 bits per heavy atom. The third kappa shape index (κ3) is 0.987. The molecule has 0 saturated heterocycles. The maximum atomic E-state index is 10.3. The van der Waals surface area contributed by atoms with Crippen molar-refractivity contribution in [3.05, 3.63) is 12.5 Å². The number of amides is 1. The highest BCUT2D eigenvalue weighted by Gasteiger charge is 1.96. The molecule has 48 valence electrons. The monoisotopic (exact) mass is 126 g/mol. The molecule has 0 atom stereocenters. The van der Waals surface area contributed by atoms with E-state index in [1.54, 1.807) is 0 Å². The number of carbonyl (C=O) groups is 1. The number of anilines is 1. The van der Waals surface area contributed by atoms with Crippen LogP contribution in [-0.2, 0) is 0 Å². The zero-order chi connectivity index (χ0) is 6.85. The Bertz CT molecular complexity index is 228. The number of nitrogens with two attached hydrogens (primary N) is 2. The van der Waals surface area contributed by atoms with Crippen LogP contribution in [-0.4, -0.2) is 15.6 Å². The molecule has 9 heavy (non-hydrogen) atoms. The Labute approximate surface area is 51.3 Å². The van der Waals surface area contributed by atoms with E-state index in [4.69, 9.17) is 11.5 Å². The van der Waals surface area contributed by atoms with Gasteiger partial charge in [0.15, 0.2) is 0 Å². The van der Waals surface area contributed by atoms with E-state index in [0.717, 1.165) is 4.57 Å². The van der Waals surface area contributed by atoms with Gasteiger partial charge in [-0.2, -0.15) is 0 Å². The van der Waals surface area contributed by atoms with Crippen LogP contribution in [0.1, 0.15) is 0 Å². The zero-order valence-electron chi connectivity index (χ0n) is 4.61. The van der Waals surface area contributed by atoms with E-state index < -0.39 is 6.03 Å². The van der Waals surface area contributed by atoms with Crippen LogP contribution in [0.3, 0.4) is 0 Å². The van der Waals surface area contributed by atoms with Crippen LogP contribution < -0.4 is 11.5 Å². The van der Waals surface area contributed by atoms with Crippen molar-refractivity contribution in [2.45, 2.75) is 0 Å². The summed E-state index contributed by atoms with van der Waals surface area (Å²) in [6.45, 7) is 0. The van der Waals surface area contributed by atoms with Crippen LogP contribution in [0, 0.1) is 0 Å². The summed E-state index contributed by atoms with van der Waals surface area (Å²) in [5.74, 6) is 0.286. The van der Waals surface area contributed by atoms with E-state index in [1.165, 1.54) is 12.5 Å². The van der Waals surface area contributed by atoms with E-state index >= 15 is 0 Å². The van der Waals surface area contributed by atoms with E-state index in [-0.39, 0.29) is 5.82 Å². The first-order valence-corrected chi connectivity index (χ1v) is 2.29. The molecule has 0 fully saturated rings. The van der Waals surface area contributed by atoms with Gasteiger partial charge in [-0.05, 0) is 0 Å². The summed E-state index contributed by atoms with van der Waals surface area (Å²) >= 11 is 0. The molecule has 0 saturated carbocycles. The molecule has 0 aliphatic carbocycles. The molecule has 1 rings (SSSR count). The van der Waals surface area contributed by atoms with Crippen LogP contribution >= 0.6 is 0 Å². The van der Waals surface area contributed by atoms with Gasteiger partial charge in [0.05, 0.1) is 6.20 Å². The average molecular weight is 126 g/mol. The van der Waals surface area contributed by atoms with Gasteiger partial charge in [0.1, 0.15) is 12.1 Å². The van der Waals surface area contributed by atoms with E-state index in [2.05, 4.69) is 4.98 Å². The van der Waals surface area contributed by atoms with Gasteiger partial charge in [-0.1, -0.05) is 0 Å². The van der Waals surface area contributed by atoms with Crippen LogP contribution in [0.5, 0.6) is 0 Å². The quantitative estimate of drug-likeness (QED) is 0.486. The molecule has 1 aromatic heterocycles. The van der Waals surface area contributed by atoms with Gasteiger partial charge < -0.3 is 11.5 Å². The molecule has 4 N–H and O–H groups in total. The van der Waals surface area contributed by atoms with Crippen molar-refractivity contribution < 1.29 is 4.79 Å². The van der Waals surface area contributed by atoms with Gasteiger partial charge in [-0.3, -0.25) is 4.57 Å². The number of carbonyl (C=O) groups excluding carboxylic acids is 1. The van der Waals surface area contributed by atoms with Crippen molar-refractivity contribution in [3.63, 3.8) is 0 Å². The molecule has 0 radical (unpaired) electrons. The van der Waals surface area contributed by atoms with Crippen molar-refractivity contribution in [1.82, 2.24) is 9.55 Å². The number of hydrogen-bond acceptors (Lipinski definition) is 3. The lowest BCUT2D eigenvalue weighted by molar-refractivity contribution is 0.250.